The molecule has 23 heavy (non-hydrogen) atoms. The van der Waals surface area contributed by atoms with Crippen LogP contribution < -0.4 is 0 Å². The maximum atomic E-state index is 5.91. The predicted molar refractivity (Wildman–Crippen MR) is 90.0 cm³/mol. The average Bonchev–Trinajstić information content (AvgIpc) is 2.57. The van der Waals surface area contributed by atoms with Gasteiger partial charge in [-0.25, -0.2) is 0 Å². The van der Waals surface area contributed by atoms with Crippen LogP contribution in [0.25, 0.3) is 0 Å². The van der Waals surface area contributed by atoms with Crippen molar-refractivity contribution in [3.8, 4) is 0 Å². The van der Waals surface area contributed by atoms with Crippen LogP contribution in [0.5, 0.6) is 0 Å². The molecule has 6 heteroatoms. The Morgan fingerprint density at radius 1 is 0.783 bits per heavy atom. The molecule has 1 heterocycles. The molecule has 1 aliphatic rings. The second-order valence-corrected chi connectivity index (χ2v) is 5.55. The maximum Gasteiger partial charge on any atom is 0.0704 e. The summed E-state index contributed by atoms with van der Waals surface area (Å²) in [6, 6.07) is 0. The second kappa shape index (κ2) is 15.3. The van der Waals surface area contributed by atoms with Gasteiger partial charge in [0.05, 0.1) is 52.4 Å². The van der Waals surface area contributed by atoms with E-state index in [2.05, 4.69) is 4.90 Å². The van der Waals surface area contributed by atoms with E-state index in [4.69, 9.17) is 23.7 Å². The minimum Gasteiger partial charge on any atom is -0.379 e. The number of hydrogen-bond acceptors (Lipinski definition) is 6. The highest BCUT2D eigenvalue weighted by atomic mass is 16.5. The third-order valence-electron chi connectivity index (χ3n) is 3.75. The lowest BCUT2D eigenvalue weighted by atomic mass is 10.1. The largest absolute Gasteiger partial charge is 0.379 e. The molecule has 0 aromatic carbocycles. The zero-order valence-electron chi connectivity index (χ0n) is 15.0. The maximum absolute atomic E-state index is 5.91. The highest BCUT2D eigenvalue weighted by molar-refractivity contribution is 4.73. The van der Waals surface area contributed by atoms with Crippen LogP contribution in [0.1, 0.15) is 26.7 Å². The van der Waals surface area contributed by atoms with Crippen molar-refractivity contribution in [3.63, 3.8) is 0 Å². The van der Waals surface area contributed by atoms with Gasteiger partial charge in [0.25, 0.3) is 0 Å². The Balaban J connectivity index is 1.95. The van der Waals surface area contributed by atoms with Crippen molar-refractivity contribution < 1.29 is 23.7 Å². The van der Waals surface area contributed by atoms with E-state index in [1.54, 1.807) is 0 Å². The summed E-state index contributed by atoms with van der Waals surface area (Å²) in [5, 5.41) is 0. The zero-order chi connectivity index (χ0) is 16.6. The Hall–Kier alpha value is -0.240. The fraction of sp³-hybridized carbons (Fsp3) is 1.00. The van der Waals surface area contributed by atoms with Crippen molar-refractivity contribution in [1.29, 1.82) is 0 Å². The number of hydrogen-bond donors (Lipinski definition) is 0. The Morgan fingerprint density at radius 2 is 1.39 bits per heavy atom. The van der Waals surface area contributed by atoms with Crippen molar-refractivity contribution in [2.45, 2.75) is 32.8 Å². The fourth-order valence-corrected chi connectivity index (χ4v) is 2.55. The average molecular weight is 333 g/mol. The fourth-order valence-electron chi connectivity index (χ4n) is 2.55. The Kier molecular flexibility index (Phi) is 13.8. The first kappa shape index (κ1) is 20.8. The van der Waals surface area contributed by atoms with Crippen LogP contribution in [-0.4, -0.2) is 90.1 Å². The lowest BCUT2D eigenvalue weighted by Gasteiger charge is -2.32. The minimum atomic E-state index is 0.322. The third kappa shape index (κ3) is 11.9. The van der Waals surface area contributed by atoms with Gasteiger partial charge in [0, 0.05) is 26.3 Å². The van der Waals surface area contributed by atoms with Gasteiger partial charge in [0.15, 0.2) is 0 Å². The molecule has 0 saturated carbocycles. The number of piperidine rings is 1. The summed E-state index contributed by atoms with van der Waals surface area (Å²) in [4.78, 5) is 2.42. The lowest BCUT2D eigenvalue weighted by molar-refractivity contribution is -0.0393. The number of nitrogens with zero attached hydrogens (tertiary/aromatic N) is 1. The van der Waals surface area contributed by atoms with E-state index < -0.39 is 0 Å². The molecule has 0 aromatic rings. The van der Waals surface area contributed by atoms with Crippen molar-refractivity contribution in [2.24, 2.45) is 0 Å². The van der Waals surface area contributed by atoms with Gasteiger partial charge in [0.1, 0.15) is 0 Å². The molecule has 0 spiro atoms. The van der Waals surface area contributed by atoms with Gasteiger partial charge in [0.2, 0.25) is 0 Å². The topological polar surface area (TPSA) is 49.4 Å². The molecular formula is C17H35NO5. The molecule has 1 aliphatic heterocycles. The van der Waals surface area contributed by atoms with E-state index in [-0.39, 0.29) is 0 Å². The monoisotopic (exact) mass is 333 g/mol. The van der Waals surface area contributed by atoms with E-state index in [1.165, 1.54) is 6.42 Å². The Labute approximate surface area is 141 Å². The predicted octanol–water partition coefficient (Wildman–Crippen LogP) is 1.57. The quantitative estimate of drug-likeness (QED) is 0.424. The van der Waals surface area contributed by atoms with Crippen LogP contribution in [0.4, 0.5) is 0 Å². The van der Waals surface area contributed by atoms with Gasteiger partial charge in [-0.3, -0.25) is 4.90 Å². The summed E-state index contributed by atoms with van der Waals surface area (Å²) in [7, 11) is 0. The second-order valence-electron chi connectivity index (χ2n) is 5.55. The summed E-state index contributed by atoms with van der Waals surface area (Å²) < 4.78 is 27.4. The highest BCUT2D eigenvalue weighted by Crippen LogP contribution is 2.12. The van der Waals surface area contributed by atoms with E-state index in [1.807, 2.05) is 13.8 Å². The van der Waals surface area contributed by atoms with Gasteiger partial charge in [-0.05, 0) is 33.2 Å². The number of ether oxygens (including phenoxy) is 5. The summed E-state index contributed by atoms with van der Waals surface area (Å²) in [5.41, 5.74) is 0. The molecule has 0 bridgehead atoms. The summed E-state index contributed by atoms with van der Waals surface area (Å²) in [6.45, 7) is 13.3. The number of rotatable bonds is 15. The molecule has 1 rings (SSSR count). The summed E-state index contributed by atoms with van der Waals surface area (Å²) >= 11 is 0. The van der Waals surface area contributed by atoms with Crippen LogP contribution in [0.3, 0.4) is 0 Å². The molecule has 1 saturated heterocycles. The SMILES string of the molecule is CCOCCOCCOC1CCCN(CCOCCOCC)C1. The molecule has 0 radical (unpaired) electrons. The van der Waals surface area contributed by atoms with Crippen molar-refractivity contribution >= 4 is 0 Å². The van der Waals surface area contributed by atoms with E-state index in [9.17, 15) is 0 Å². The molecule has 0 aliphatic carbocycles. The summed E-state index contributed by atoms with van der Waals surface area (Å²) in [5.74, 6) is 0. The van der Waals surface area contributed by atoms with Gasteiger partial charge in [-0.2, -0.15) is 0 Å². The lowest BCUT2D eigenvalue weighted by Crippen LogP contribution is -2.41. The van der Waals surface area contributed by atoms with Crippen molar-refractivity contribution in [1.82, 2.24) is 4.90 Å². The van der Waals surface area contributed by atoms with Crippen LogP contribution in [0.15, 0.2) is 0 Å². The Bertz CT molecular complexity index is 255. The van der Waals surface area contributed by atoms with Gasteiger partial charge < -0.3 is 23.7 Å². The van der Waals surface area contributed by atoms with Gasteiger partial charge in [-0.1, -0.05) is 0 Å². The molecule has 1 fully saturated rings. The molecule has 1 unspecified atom stereocenters. The first-order valence-electron chi connectivity index (χ1n) is 9.01. The molecular weight excluding hydrogens is 298 g/mol. The normalized spacial score (nSPS) is 19.3. The van der Waals surface area contributed by atoms with Gasteiger partial charge >= 0.3 is 0 Å². The smallest absolute Gasteiger partial charge is 0.0704 e. The standard InChI is InChI=1S/C17H35NO5/c1-3-19-10-12-21-9-8-18-7-5-6-17(16-18)23-15-14-22-13-11-20-4-2/h17H,3-16H2,1-2H3. The van der Waals surface area contributed by atoms with Crippen LogP contribution in [0, 0.1) is 0 Å². The van der Waals surface area contributed by atoms with Crippen LogP contribution >= 0.6 is 0 Å². The van der Waals surface area contributed by atoms with E-state index in [0.717, 1.165) is 45.9 Å². The first-order chi connectivity index (χ1) is 11.4. The van der Waals surface area contributed by atoms with E-state index in [0.29, 0.717) is 45.7 Å². The van der Waals surface area contributed by atoms with Crippen LogP contribution in [0.2, 0.25) is 0 Å². The molecule has 6 nitrogen and oxygen atoms in total. The minimum absolute atomic E-state index is 0.322. The van der Waals surface area contributed by atoms with E-state index >= 15 is 0 Å². The van der Waals surface area contributed by atoms with Crippen LogP contribution in [-0.2, 0) is 23.7 Å². The zero-order valence-corrected chi connectivity index (χ0v) is 15.0. The summed E-state index contributed by atoms with van der Waals surface area (Å²) in [6.07, 6.45) is 2.65. The van der Waals surface area contributed by atoms with Gasteiger partial charge in [-0.15, -0.1) is 0 Å². The molecule has 1 atom stereocenters. The van der Waals surface area contributed by atoms with Crippen molar-refractivity contribution in [2.75, 3.05) is 79.1 Å². The third-order valence-corrected chi connectivity index (χ3v) is 3.75. The molecule has 0 aromatic heterocycles. The number of likely N-dealkylation sites (tertiary alicyclic amines) is 1. The molecule has 0 amide bonds. The first-order valence-corrected chi connectivity index (χ1v) is 9.01. The highest BCUT2D eigenvalue weighted by Gasteiger charge is 2.19. The molecule has 0 N–H and O–H groups in total. The molecule has 138 valence electrons. The Morgan fingerprint density at radius 3 is 2.09 bits per heavy atom. The van der Waals surface area contributed by atoms with Crippen molar-refractivity contribution in [3.05, 3.63) is 0 Å².